The fourth-order valence-corrected chi connectivity index (χ4v) is 5.48. The van der Waals surface area contributed by atoms with Crippen LogP contribution in [-0.4, -0.2) is 37.4 Å². The molecule has 7 heteroatoms. The molecule has 3 aromatic rings. The van der Waals surface area contributed by atoms with Gasteiger partial charge < -0.3 is 5.32 Å². The van der Waals surface area contributed by atoms with E-state index >= 15 is 0 Å². The molecule has 2 aromatic carbocycles. The fraction of sp³-hybridized carbons (Fsp3) is 0.238. The summed E-state index contributed by atoms with van der Waals surface area (Å²) in [6.07, 6.45) is 0.593. The molecule has 0 aliphatic carbocycles. The molecule has 1 saturated heterocycles. The molecule has 1 fully saturated rings. The van der Waals surface area contributed by atoms with Crippen molar-refractivity contribution in [3.63, 3.8) is 0 Å². The van der Waals surface area contributed by atoms with Crippen LogP contribution in [0.15, 0.2) is 54.6 Å². The molecular weight excluding hydrogens is 396 g/mol. The summed E-state index contributed by atoms with van der Waals surface area (Å²) in [6, 6.07) is 16.6. The summed E-state index contributed by atoms with van der Waals surface area (Å²) >= 11 is 5.97. The molecule has 0 saturated carbocycles. The number of amides is 1. The van der Waals surface area contributed by atoms with Gasteiger partial charge in [-0.2, -0.15) is 0 Å². The number of sulfone groups is 1. The zero-order chi connectivity index (χ0) is 19.7. The lowest BCUT2D eigenvalue weighted by Crippen LogP contribution is -2.30. The molecular formula is C21H19ClN2O3S. The lowest BCUT2D eigenvalue weighted by atomic mass is 10.0. The first-order valence-electron chi connectivity index (χ1n) is 9.06. The van der Waals surface area contributed by atoms with Gasteiger partial charge in [0, 0.05) is 22.5 Å². The molecule has 0 bridgehead atoms. The lowest BCUT2D eigenvalue weighted by Gasteiger charge is -2.13. The summed E-state index contributed by atoms with van der Waals surface area (Å²) in [5.41, 5.74) is 2.80. The van der Waals surface area contributed by atoms with Crippen LogP contribution in [0.3, 0.4) is 0 Å². The Morgan fingerprint density at radius 3 is 2.61 bits per heavy atom. The second kappa shape index (κ2) is 7.53. The molecule has 1 amide bonds. The van der Waals surface area contributed by atoms with Gasteiger partial charge in [0.1, 0.15) is 0 Å². The first kappa shape index (κ1) is 18.9. The van der Waals surface area contributed by atoms with Crippen molar-refractivity contribution in [1.82, 2.24) is 10.3 Å². The number of nitrogens with zero attached hydrogens (tertiary/aromatic N) is 1. The van der Waals surface area contributed by atoms with Gasteiger partial charge in [-0.1, -0.05) is 41.9 Å². The van der Waals surface area contributed by atoms with Crippen LogP contribution >= 0.6 is 11.6 Å². The number of hydrogen-bond donors (Lipinski definition) is 1. The number of fused-ring (bicyclic) bond motifs is 1. The monoisotopic (exact) mass is 414 g/mol. The number of carbonyl (C=O) groups is 1. The Hall–Kier alpha value is -2.44. The second-order valence-corrected chi connectivity index (χ2v) is 9.72. The van der Waals surface area contributed by atoms with Gasteiger partial charge in [0.2, 0.25) is 0 Å². The molecule has 1 atom stereocenters. The third-order valence-corrected chi connectivity index (χ3v) is 7.07. The van der Waals surface area contributed by atoms with Crippen LogP contribution in [0, 0.1) is 5.92 Å². The summed E-state index contributed by atoms with van der Waals surface area (Å²) in [5.74, 6) is 0.0863. The van der Waals surface area contributed by atoms with Crippen LogP contribution in [0.4, 0.5) is 0 Å². The Morgan fingerprint density at radius 1 is 1.14 bits per heavy atom. The lowest BCUT2D eigenvalue weighted by molar-refractivity contribution is 0.0950. The average molecular weight is 415 g/mol. The standard InChI is InChI=1S/C21H19ClN2O3S/c22-16-7-5-15(6-8-16)20-11-18(17-3-1-2-4-19(17)24-20)21(25)23-12-14-9-10-28(26,27)13-14/h1-8,11,14H,9-10,12-13H2,(H,23,25). The molecule has 5 nitrogen and oxygen atoms in total. The van der Waals surface area contributed by atoms with Gasteiger partial charge in [-0.05, 0) is 36.6 Å². The molecule has 0 radical (unpaired) electrons. The van der Waals surface area contributed by atoms with Gasteiger partial charge in [-0.3, -0.25) is 4.79 Å². The van der Waals surface area contributed by atoms with Crippen LogP contribution in [0.25, 0.3) is 22.2 Å². The van der Waals surface area contributed by atoms with E-state index in [0.29, 0.717) is 29.2 Å². The van der Waals surface area contributed by atoms with E-state index in [0.717, 1.165) is 16.5 Å². The van der Waals surface area contributed by atoms with Crippen molar-refractivity contribution < 1.29 is 13.2 Å². The van der Waals surface area contributed by atoms with Crippen LogP contribution < -0.4 is 5.32 Å². The van der Waals surface area contributed by atoms with Crippen LogP contribution in [0.2, 0.25) is 5.02 Å². The van der Waals surface area contributed by atoms with E-state index < -0.39 is 9.84 Å². The molecule has 1 N–H and O–H groups in total. The minimum absolute atomic E-state index is 0.0298. The van der Waals surface area contributed by atoms with E-state index in [1.165, 1.54) is 0 Å². The molecule has 28 heavy (non-hydrogen) atoms. The highest BCUT2D eigenvalue weighted by atomic mass is 35.5. The first-order valence-corrected chi connectivity index (χ1v) is 11.3. The Balaban J connectivity index is 1.65. The fourth-order valence-electron chi connectivity index (χ4n) is 3.50. The zero-order valence-corrected chi connectivity index (χ0v) is 16.6. The zero-order valence-electron chi connectivity index (χ0n) is 15.1. The molecule has 4 rings (SSSR count). The maximum absolute atomic E-state index is 12.9. The topological polar surface area (TPSA) is 76.1 Å². The average Bonchev–Trinajstić information content (AvgIpc) is 3.04. The van der Waals surface area contributed by atoms with Gasteiger partial charge in [0.15, 0.2) is 9.84 Å². The SMILES string of the molecule is O=C(NCC1CCS(=O)(=O)C1)c1cc(-c2ccc(Cl)cc2)nc2ccccc12. The number of carbonyl (C=O) groups excluding carboxylic acids is 1. The predicted molar refractivity (Wildman–Crippen MR) is 111 cm³/mol. The maximum atomic E-state index is 12.9. The molecule has 1 unspecified atom stereocenters. The second-order valence-electron chi connectivity index (χ2n) is 7.06. The third kappa shape index (κ3) is 4.03. The number of halogens is 1. The first-order chi connectivity index (χ1) is 13.4. The number of rotatable bonds is 4. The molecule has 1 aromatic heterocycles. The molecule has 2 heterocycles. The maximum Gasteiger partial charge on any atom is 0.252 e. The summed E-state index contributed by atoms with van der Waals surface area (Å²) in [5, 5.41) is 4.30. The highest BCUT2D eigenvalue weighted by Crippen LogP contribution is 2.26. The van der Waals surface area contributed by atoms with Crippen molar-refractivity contribution in [2.45, 2.75) is 6.42 Å². The van der Waals surface area contributed by atoms with Gasteiger partial charge >= 0.3 is 0 Å². The number of para-hydroxylation sites is 1. The Labute approximate surface area is 168 Å². The van der Waals surface area contributed by atoms with Crippen LogP contribution in [0.5, 0.6) is 0 Å². The van der Waals surface area contributed by atoms with Crippen molar-refractivity contribution in [1.29, 1.82) is 0 Å². The Bertz CT molecular complexity index is 1140. The van der Waals surface area contributed by atoms with Crippen molar-refractivity contribution >= 4 is 38.2 Å². The number of nitrogens with one attached hydrogen (secondary N) is 1. The van der Waals surface area contributed by atoms with Gasteiger partial charge in [-0.25, -0.2) is 13.4 Å². The molecule has 144 valence electrons. The molecule has 1 aliphatic rings. The predicted octanol–water partition coefficient (Wildman–Crippen LogP) is 3.72. The van der Waals surface area contributed by atoms with Gasteiger partial charge in [-0.15, -0.1) is 0 Å². The summed E-state index contributed by atoms with van der Waals surface area (Å²) in [7, 11) is -2.96. The van der Waals surface area contributed by atoms with E-state index in [2.05, 4.69) is 10.3 Å². The third-order valence-electron chi connectivity index (χ3n) is 4.98. The molecule has 0 spiro atoms. The van der Waals surface area contributed by atoms with Gasteiger partial charge in [0.05, 0.1) is 28.3 Å². The van der Waals surface area contributed by atoms with Gasteiger partial charge in [0.25, 0.3) is 5.91 Å². The normalized spacial score (nSPS) is 18.2. The van der Waals surface area contributed by atoms with E-state index in [1.54, 1.807) is 18.2 Å². The summed E-state index contributed by atoms with van der Waals surface area (Å²) < 4.78 is 23.3. The quantitative estimate of drug-likeness (QED) is 0.705. The number of benzene rings is 2. The summed E-state index contributed by atoms with van der Waals surface area (Å²) in [4.78, 5) is 17.6. The number of aromatic nitrogens is 1. The smallest absolute Gasteiger partial charge is 0.252 e. The minimum atomic E-state index is -2.96. The van der Waals surface area contributed by atoms with E-state index in [4.69, 9.17) is 11.6 Å². The Morgan fingerprint density at radius 2 is 1.89 bits per heavy atom. The molecule has 1 aliphatic heterocycles. The van der Waals surface area contributed by atoms with Crippen LogP contribution in [0.1, 0.15) is 16.8 Å². The minimum Gasteiger partial charge on any atom is -0.352 e. The van der Waals surface area contributed by atoms with Crippen molar-refractivity contribution in [2.75, 3.05) is 18.1 Å². The summed E-state index contributed by atoms with van der Waals surface area (Å²) in [6.45, 7) is 0.352. The van der Waals surface area contributed by atoms with Crippen molar-refractivity contribution in [3.8, 4) is 11.3 Å². The Kier molecular flexibility index (Phi) is 5.08. The highest BCUT2D eigenvalue weighted by molar-refractivity contribution is 7.91. The number of hydrogen-bond acceptors (Lipinski definition) is 4. The largest absolute Gasteiger partial charge is 0.352 e. The van der Waals surface area contributed by atoms with E-state index in [9.17, 15) is 13.2 Å². The number of pyridine rings is 1. The van der Waals surface area contributed by atoms with E-state index in [1.807, 2.05) is 36.4 Å². The van der Waals surface area contributed by atoms with Crippen molar-refractivity contribution in [3.05, 3.63) is 65.2 Å². The highest BCUT2D eigenvalue weighted by Gasteiger charge is 2.28. The van der Waals surface area contributed by atoms with E-state index in [-0.39, 0.29) is 23.3 Å². The van der Waals surface area contributed by atoms with Crippen molar-refractivity contribution in [2.24, 2.45) is 5.92 Å². The van der Waals surface area contributed by atoms with Crippen LogP contribution in [-0.2, 0) is 9.84 Å².